The number of aliphatic hydroxyl groups is 1. The lowest BCUT2D eigenvalue weighted by molar-refractivity contribution is -0.156. The molecule has 17 heteroatoms. The van der Waals surface area contributed by atoms with Gasteiger partial charge in [0.1, 0.15) is 18.4 Å². The molecule has 0 unspecified atom stereocenters. The van der Waals surface area contributed by atoms with Crippen LogP contribution in [0.4, 0.5) is 0 Å². The number of aliphatic hydroxyl groups excluding tert-OH is 1. The van der Waals surface area contributed by atoms with Crippen molar-refractivity contribution >= 4 is 28.3 Å². The van der Waals surface area contributed by atoms with E-state index in [-0.39, 0.29) is 19.5 Å². The Balaban J connectivity index is 0. The van der Waals surface area contributed by atoms with Crippen LogP contribution in [0, 0.1) is 0 Å². The first-order valence-electron chi connectivity index (χ1n) is 13.9. The van der Waals surface area contributed by atoms with Crippen LogP contribution >= 0.6 is 11.6 Å². The molecule has 0 spiro atoms. The van der Waals surface area contributed by atoms with Gasteiger partial charge in [-0.2, -0.15) is 8.42 Å². The van der Waals surface area contributed by atoms with Gasteiger partial charge in [0.2, 0.25) is 11.8 Å². The molecule has 0 atom stereocenters. The number of ether oxygens (including phenoxy) is 6. The summed E-state index contributed by atoms with van der Waals surface area (Å²) in [6.45, 7) is 10.3. The van der Waals surface area contributed by atoms with Crippen molar-refractivity contribution in [2.45, 2.75) is 40.3 Å². The predicted molar refractivity (Wildman–Crippen MR) is 170 cm³/mol. The summed E-state index contributed by atoms with van der Waals surface area (Å²) < 4.78 is 62.4. The van der Waals surface area contributed by atoms with E-state index in [1.807, 2.05) is 52.0 Å². The highest BCUT2D eigenvalue weighted by Gasteiger charge is 2.08. The largest absolute Gasteiger partial charge is 0.472 e. The van der Waals surface area contributed by atoms with E-state index in [0.29, 0.717) is 56.2 Å². The summed E-state index contributed by atoms with van der Waals surface area (Å²) >= 11 is 5.43. The molecule has 0 aliphatic heterocycles. The van der Waals surface area contributed by atoms with E-state index in [4.69, 9.17) is 62.7 Å². The molecule has 0 aliphatic rings. The minimum absolute atomic E-state index is 0.0665. The molecule has 15 nitrogen and oxygen atoms in total. The van der Waals surface area contributed by atoms with Gasteiger partial charge in [-0.3, -0.25) is 13.9 Å². The Morgan fingerprint density at radius 3 is 1.43 bits per heavy atom. The lowest BCUT2D eigenvalue weighted by atomic mass is 10.5. The topological polar surface area (TPSA) is 206 Å². The minimum Gasteiger partial charge on any atom is -0.472 e. The number of hydrogen-bond acceptors (Lipinski definition) is 13. The van der Waals surface area contributed by atoms with Crippen molar-refractivity contribution in [3.8, 4) is 11.8 Å². The maximum absolute atomic E-state index is 9.83. The zero-order valence-corrected chi connectivity index (χ0v) is 27.8. The molecule has 0 bridgehead atoms. The highest BCUT2D eigenvalue weighted by molar-refractivity contribution is 7.79. The van der Waals surface area contributed by atoms with Gasteiger partial charge in [0.15, 0.2) is 18.9 Å². The molecule has 0 radical (unpaired) electrons. The molecule has 3 heterocycles. The second-order valence-corrected chi connectivity index (χ2v) is 8.87. The van der Waals surface area contributed by atoms with Crippen LogP contribution in [0.3, 0.4) is 0 Å². The minimum atomic E-state index is -4.67. The lowest BCUT2D eigenvalue weighted by Gasteiger charge is -2.16. The van der Waals surface area contributed by atoms with E-state index in [1.54, 1.807) is 48.9 Å². The fraction of sp³-hybridized carbons (Fsp3) is 0.448. The first-order valence-corrected chi connectivity index (χ1v) is 15.7. The van der Waals surface area contributed by atoms with E-state index in [9.17, 15) is 4.79 Å². The Kier molecular flexibility index (Phi) is 30.8. The average molecular weight is 694 g/mol. The summed E-state index contributed by atoms with van der Waals surface area (Å²) in [4.78, 5) is 21.4. The number of carbonyl (C=O) groups is 1. The highest BCUT2D eigenvalue weighted by Crippen LogP contribution is 2.05. The molecule has 0 aromatic carbocycles. The van der Waals surface area contributed by atoms with Gasteiger partial charge in [-0.05, 0) is 52.0 Å². The van der Waals surface area contributed by atoms with Crippen molar-refractivity contribution in [1.82, 2.24) is 15.0 Å². The molecule has 0 amide bonds. The molecule has 260 valence electrons. The number of aromatic nitrogens is 3. The molecule has 3 aromatic heterocycles. The molecule has 0 saturated heterocycles. The second kappa shape index (κ2) is 31.7. The summed E-state index contributed by atoms with van der Waals surface area (Å²) in [6, 6.07) is 16.2. The Labute approximate surface area is 275 Å². The molecule has 0 fully saturated rings. The van der Waals surface area contributed by atoms with E-state index in [1.165, 1.54) is 0 Å². The lowest BCUT2D eigenvalue weighted by Crippen LogP contribution is -2.25. The number of pyridine rings is 3. The fourth-order valence-electron chi connectivity index (χ4n) is 2.52. The van der Waals surface area contributed by atoms with Gasteiger partial charge in [-0.15, -0.1) is 0 Å². The third-order valence-corrected chi connectivity index (χ3v) is 4.35. The Morgan fingerprint density at radius 2 is 1.13 bits per heavy atom. The first-order chi connectivity index (χ1) is 22.0. The third-order valence-electron chi connectivity index (χ3n) is 4.13. The maximum Gasteiger partial charge on any atom is 0.394 e. The summed E-state index contributed by atoms with van der Waals surface area (Å²) in [6.07, 6.45) is 4.89. The Hall–Kier alpha value is -3.32. The molecule has 46 heavy (non-hydrogen) atoms. The van der Waals surface area contributed by atoms with Gasteiger partial charge in [0, 0.05) is 57.2 Å². The van der Waals surface area contributed by atoms with Crippen molar-refractivity contribution in [2.75, 3.05) is 46.2 Å². The van der Waals surface area contributed by atoms with E-state index < -0.39 is 16.7 Å². The molecule has 0 saturated carbocycles. The second-order valence-electron chi connectivity index (χ2n) is 7.59. The highest BCUT2D eigenvalue weighted by atomic mass is 35.5. The van der Waals surface area contributed by atoms with Crippen LogP contribution in [0.1, 0.15) is 27.7 Å². The molecule has 3 aromatic rings. The molecular weight excluding hydrogens is 650 g/mol. The van der Waals surface area contributed by atoms with Crippen LogP contribution < -0.4 is 9.47 Å². The van der Waals surface area contributed by atoms with Crippen molar-refractivity contribution < 1.29 is 55.8 Å². The van der Waals surface area contributed by atoms with E-state index in [2.05, 4.69) is 15.0 Å². The number of halogens is 1. The first kappa shape index (κ1) is 44.8. The summed E-state index contributed by atoms with van der Waals surface area (Å²) in [5.74, 6) is 1.07. The van der Waals surface area contributed by atoms with Gasteiger partial charge in [-0.25, -0.2) is 15.0 Å². The SMILES string of the molecule is CCOC(CO)OCC.CCOC(COc1ccccn1)OCC.Clc1ccccn1.O=CCOc1ccccn1.O=S(=O)(O)O. The smallest absolute Gasteiger partial charge is 0.394 e. The van der Waals surface area contributed by atoms with Crippen LogP contribution in [0.15, 0.2) is 73.2 Å². The third kappa shape index (κ3) is 33.6. The Bertz CT molecular complexity index is 1150. The van der Waals surface area contributed by atoms with E-state index >= 15 is 0 Å². The quantitative estimate of drug-likeness (QED) is 0.0891. The van der Waals surface area contributed by atoms with Gasteiger partial charge in [-0.1, -0.05) is 29.8 Å². The number of rotatable bonds is 15. The fourth-order valence-corrected chi connectivity index (χ4v) is 2.65. The van der Waals surface area contributed by atoms with Crippen molar-refractivity contribution in [3.63, 3.8) is 0 Å². The number of hydrogen-bond donors (Lipinski definition) is 3. The predicted octanol–water partition coefficient (Wildman–Crippen LogP) is 3.98. The zero-order valence-electron chi connectivity index (χ0n) is 26.3. The normalized spacial score (nSPS) is 10.0. The van der Waals surface area contributed by atoms with Crippen molar-refractivity contribution in [1.29, 1.82) is 0 Å². The number of carbonyl (C=O) groups excluding carboxylic acids is 1. The van der Waals surface area contributed by atoms with E-state index in [0.717, 1.165) is 0 Å². The van der Waals surface area contributed by atoms with Gasteiger partial charge >= 0.3 is 10.4 Å². The number of aldehydes is 1. The molecule has 0 aliphatic carbocycles. The summed E-state index contributed by atoms with van der Waals surface area (Å²) in [5.41, 5.74) is 0. The average Bonchev–Trinajstić information content (AvgIpc) is 3.04. The van der Waals surface area contributed by atoms with Crippen LogP contribution in [0.2, 0.25) is 5.15 Å². The number of nitrogens with zero attached hydrogens (tertiary/aromatic N) is 3. The van der Waals surface area contributed by atoms with Crippen LogP contribution in [-0.4, -0.2) is 103 Å². The summed E-state index contributed by atoms with van der Waals surface area (Å²) in [5, 5.41) is 9.08. The Morgan fingerprint density at radius 1 is 0.717 bits per heavy atom. The summed E-state index contributed by atoms with van der Waals surface area (Å²) in [7, 11) is -4.67. The molecular formula is C29H44ClN3O12S. The molecule has 3 N–H and O–H groups in total. The van der Waals surface area contributed by atoms with Crippen molar-refractivity contribution in [2.24, 2.45) is 0 Å². The maximum atomic E-state index is 9.83. The van der Waals surface area contributed by atoms with Gasteiger partial charge in [0.05, 0.1) is 6.61 Å². The van der Waals surface area contributed by atoms with Crippen LogP contribution in [0.25, 0.3) is 0 Å². The zero-order chi connectivity index (χ0) is 34.9. The van der Waals surface area contributed by atoms with Gasteiger partial charge in [0.25, 0.3) is 0 Å². The standard InChI is InChI=1S/C11H17NO3.C7H7NO2.C6H14O3.C5H4ClN.H2O4S/c1-3-13-11(14-4-2)9-15-10-7-5-6-8-12-10;9-5-6-10-7-3-1-2-4-8-7;1-3-8-6(5-7)9-4-2;6-5-3-1-2-4-7-5;1-5(2,3)4/h5-8,11H,3-4,9H2,1-2H3;1-5H,6H2;6-7H,3-5H2,1-2H3;1-4H;(H2,1,2,3,4). The van der Waals surface area contributed by atoms with Gasteiger partial charge < -0.3 is 33.5 Å². The molecule has 3 rings (SSSR count). The van der Waals surface area contributed by atoms with Crippen LogP contribution in [-0.2, 0) is 34.1 Å². The van der Waals surface area contributed by atoms with Crippen molar-refractivity contribution in [3.05, 3.63) is 78.3 Å². The monoisotopic (exact) mass is 693 g/mol. The van der Waals surface area contributed by atoms with Crippen LogP contribution in [0.5, 0.6) is 11.8 Å².